The lowest BCUT2D eigenvalue weighted by molar-refractivity contribution is -0.120. The Morgan fingerprint density at radius 1 is 0.810 bits per heavy atom. The van der Waals surface area contributed by atoms with Crippen LogP contribution >= 0.6 is 0 Å². The van der Waals surface area contributed by atoms with Crippen molar-refractivity contribution in [3.8, 4) is 0 Å². The van der Waals surface area contributed by atoms with Gasteiger partial charge in [-0.15, -0.1) is 0 Å². The molecule has 0 fully saturated rings. The van der Waals surface area contributed by atoms with Gasteiger partial charge < -0.3 is 10.6 Å². The Labute approximate surface area is 115 Å². The van der Waals surface area contributed by atoms with Crippen LogP contribution in [0.25, 0.3) is 0 Å². The van der Waals surface area contributed by atoms with Crippen LogP contribution in [0.2, 0.25) is 0 Å². The second-order valence-corrected chi connectivity index (χ2v) is 3.77. The third kappa shape index (κ3) is 3.88. The Hall–Kier alpha value is -2.23. The number of halogens is 5. The molecule has 0 saturated carbocycles. The molecule has 10 heteroatoms. The number of benzene rings is 1. The molecule has 1 aromatic rings. The summed E-state index contributed by atoms with van der Waals surface area (Å²) in [5, 5.41) is 6.09. The number of rotatable bonds is 5. The van der Waals surface area contributed by atoms with Crippen LogP contribution in [0.3, 0.4) is 0 Å². The van der Waals surface area contributed by atoms with Gasteiger partial charge >= 0.3 is 0 Å². The molecule has 2 amide bonds. The van der Waals surface area contributed by atoms with Crippen LogP contribution in [0.1, 0.15) is 0 Å². The Morgan fingerprint density at radius 2 is 1.24 bits per heavy atom. The van der Waals surface area contributed by atoms with Gasteiger partial charge in [-0.1, -0.05) is 0 Å². The zero-order valence-electron chi connectivity index (χ0n) is 10.6. The van der Waals surface area contributed by atoms with Gasteiger partial charge in [0.1, 0.15) is 5.69 Å². The predicted octanol–water partition coefficient (Wildman–Crippen LogP) is 0.656. The highest BCUT2D eigenvalue weighted by Gasteiger charge is 2.26. The molecular weight excluding hydrogens is 301 g/mol. The van der Waals surface area contributed by atoms with Gasteiger partial charge in [0.05, 0.1) is 13.1 Å². The summed E-state index contributed by atoms with van der Waals surface area (Å²) in [5.41, 5.74) is -1.45. The number of hydrogen-bond donors (Lipinski definition) is 3. The average Bonchev–Trinajstić information content (AvgIpc) is 2.47. The maximum atomic E-state index is 13.2. The van der Waals surface area contributed by atoms with Gasteiger partial charge in [0, 0.05) is 7.05 Å². The van der Waals surface area contributed by atoms with Crippen LogP contribution in [-0.2, 0) is 9.59 Å². The first-order valence-electron chi connectivity index (χ1n) is 5.52. The van der Waals surface area contributed by atoms with Crippen LogP contribution < -0.4 is 16.0 Å². The number of carbonyl (C=O) groups excluding carboxylic acids is 2. The molecule has 0 aliphatic heterocycles. The summed E-state index contributed by atoms with van der Waals surface area (Å²) < 4.78 is 65.0. The number of likely N-dealkylation sites (N-methyl/N-ethyl adjacent to an activating group) is 1. The highest BCUT2D eigenvalue weighted by molar-refractivity contribution is 5.92. The summed E-state index contributed by atoms with van der Waals surface area (Å²) in [6.07, 6.45) is 0. The number of anilines is 1. The fourth-order valence-electron chi connectivity index (χ4n) is 1.28. The molecule has 0 aromatic heterocycles. The topological polar surface area (TPSA) is 70.2 Å². The van der Waals surface area contributed by atoms with Crippen molar-refractivity contribution in [3.63, 3.8) is 0 Å². The quantitative estimate of drug-likeness (QED) is 0.425. The molecule has 0 aliphatic carbocycles. The lowest BCUT2D eigenvalue weighted by Gasteiger charge is -2.10. The average molecular weight is 311 g/mol. The molecule has 0 bridgehead atoms. The van der Waals surface area contributed by atoms with Crippen LogP contribution in [-0.4, -0.2) is 32.0 Å². The van der Waals surface area contributed by atoms with E-state index in [0.717, 1.165) is 0 Å². The van der Waals surface area contributed by atoms with Crippen molar-refractivity contribution < 1.29 is 31.5 Å². The summed E-state index contributed by atoms with van der Waals surface area (Å²) in [6.45, 7) is -0.825. The third-order valence-corrected chi connectivity index (χ3v) is 2.32. The van der Waals surface area contributed by atoms with E-state index in [0.29, 0.717) is 0 Å². The van der Waals surface area contributed by atoms with E-state index in [-0.39, 0.29) is 6.54 Å². The smallest absolute Gasteiger partial charge is 0.238 e. The molecule has 0 aliphatic rings. The number of amides is 2. The molecule has 5 nitrogen and oxygen atoms in total. The second-order valence-electron chi connectivity index (χ2n) is 3.77. The number of hydrogen-bond acceptors (Lipinski definition) is 3. The van der Waals surface area contributed by atoms with Gasteiger partial charge in [0.2, 0.25) is 17.6 Å². The fourth-order valence-corrected chi connectivity index (χ4v) is 1.28. The molecule has 0 saturated heterocycles. The Morgan fingerprint density at radius 3 is 1.71 bits per heavy atom. The van der Waals surface area contributed by atoms with E-state index in [1.165, 1.54) is 7.05 Å². The highest BCUT2D eigenvalue weighted by atomic mass is 19.2. The summed E-state index contributed by atoms with van der Waals surface area (Å²) in [6, 6.07) is 0. The molecule has 3 N–H and O–H groups in total. The van der Waals surface area contributed by atoms with E-state index in [1.807, 2.05) is 0 Å². The van der Waals surface area contributed by atoms with Crippen LogP contribution in [0.4, 0.5) is 27.6 Å². The number of carbonyl (C=O) groups is 2. The maximum absolute atomic E-state index is 13.2. The predicted molar refractivity (Wildman–Crippen MR) is 61.8 cm³/mol. The van der Waals surface area contributed by atoms with E-state index in [4.69, 9.17) is 0 Å². The van der Waals surface area contributed by atoms with Crippen molar-refractivity contribution in [3.05, 3.63) is 29.1 Å². The summed E-state index contributed by atoms with van der Waals surface area (Å²) in [5.74, 6) is -12.5. The molecule has 21 heavy (non-hydrogen) atoms. The minimum absolute atomic E-state index is 0.263. The SMILES string of the molecule is CNC(=O)CNCC(=O)Nc1c(F)c(F)c(F)c(F)c1F. The van der Waals surface area contributed by atoms with Gasteiger partial charge in [-0.25, -0.2) is 22.0 Å². The van der Waals surface area contributed by atoms with Crippen molar-refractivity contribution in [1.29, 1.82) is 0 Å². The van der Waals surface area contributed by atoms with Crippen LogP contribution in [0, 0.1) is 29.1 Å². The summed E-state index contributed by atoms with van der Waals surface area (Å²) in [7, 11) is 1.35. The Balaban J connectivity index is 2.80. The minimum Gasteiger partial charge on any atom is -0.358 e. The van der Waals surface area contributed by atoms with Crippen LogP contribution in [0.5, 0.6) is 0 Å². The van der Waals surface area contributed by atoms with Crippen molar-refractivity contribution >= 4 is 17.5 Å². The highest BCUT2D eigenvalue weighted by Crippen LogP contribution is 2.26. The summed E-state index contributed by atoms with van der Waals surface area (Å²) in [4.78, 5) is 22.1. The van der Waals surface area contributed by atoms with Crippen molar-refractivity contribution in [1.82, 2.24) is 10.6 Å². The molecule has 1 aromatic carbocycles. The standard InChI is InChI=1S/C11H10F5N3O2/c1-17-4(20)2-18-3-5(21)19-11-9(15)7(13)6(12)8(14)10(11)16/h18H,2-3H2,1H3,(H,17,20)(H,19,21). The fraction of sp³-hybridized carbons (Fsp3) is 0.273. The first kappa shape index (κ1) is 16.8. The van der Waals surface area contributed by atoms with Gasteiger partial charge in [-0.05, 0) is 0 Å². The second kappa shape index (κ2) is 6.97. The van der Waals surface area contributed by atoms with E-state index in [2.05, 4.69) is 10.6 Å². The molecule has 0 atom stereocenters. The zero-order chi connectivity index (χ0) is 16.2. The molecule has 0 spiro atoms. The van der Waals surface area contributed by atoms with Crippen molar-refractivity contribution in [2.45, 2.75) is 0 Å². The lowest BCUT2D eigenvalue weighted by Crippen LogP contribution is -2.36. The molecule has 1 rings (SSSR count). The maximum Gasteiger partial charge on any atom is 0.238 e. The van der Waals surface area contributed by atoms with Gasteiger partial charge in [-0.2, -0.15) is 0 Å². The molecule has 0 unspecified atom stereocenters. The van der Waals surface area contributed by atoms with Gasteiger partial charge in [0.25, 0.3) is 0 Å². The number of nitrogens with one attached hydrogen (secondary N) is 3. The molecular formula is C11H10F5N3O2. The van der Waals surface area contributed by atoms with Crippen molar-refractivity contribution in [2.75, 3.05) is 25.5 Å². The first-order chi connectivity index (χ1) is 9.79. The monoisotopic (exact) mass is 311 g/mol. The van der Waals surface area contributed by atoms with Crippen LogP contribution in [0.15, 0.2) is 0 Å². The van der Waals surface area contributed by atoms with E-state index in [1.54, 1.807) is 5.32 Å². The summed E-state index contributed by atoms with van der Waals surface area (Å²) >= 11 is 0. The minimum atomic E-state index is -2.32. The third-order valence-electron chi connectivity index (χ3n) is 2.32. The van der Waals surface area contributed by atoms with E-state index < -0.39 is 53.1 Å². The van der Waals surface area contributed by atoms with Crippen molar-refractivity contribution in [2.24, 2.45) is 0 Å². The molecule has 116 valence electrons. The molecule has 0 radical (unpaired) electrons. The Bertz CT molecular complexity index is 550. The normalized spacial score (nSPS) is 10.4. The lowest BCUT2D eigenvalue weighted by atomic mass is 10.2. The Kier molecular flexibility index (Phi) is 5.59. The van der Waals surface area contributed by atoms with E-state index in [9.17, 15) is 31.5 Å². The van der Waals surface area contributed by atoms with Gasteiger partial charge in [-0.3, -0.25) is 14.9 Å². The zero-order valence-corrected chi connectivity index (χ0v) is 10.6. The largest absolute Gasteiger partial charge is 0.358 e. The van der Waals surface area contributed by atoms with E-state index >= 15 is 0 Å². The molecule has 0 heterocycles. The first-order valence-corrected chi connectivity index (χ1v) is 5.52. The van der Waals surface area contributed by atoms with Gasteiger partial charge in [0.15, 0.2) is 23.3 Å².